The van der Waals surface area contributed by atoms with Crippen LogP contribution in [0, 0.1) is 0 Å². The van der Waals surface area contributed by atoms with Crippen LogP contribution in [0.5, 0.6) is 0 Å². The number of ether oxygens (including phenoxy) is 1. The molecule has 2 nitrogen and oxygen atoms in total. The monoisotopic (exact) mass is 282 g/mol. The maximum atomic E-state index is 11.4. The van der Waals surface area contributed by atoms with Gasteiger partial charge in [-0.2, -0.15) is 13.2 Å². The molecule has 0 saturated heterocycles. The minimum absolute atomic E-state index is 0.546. The smallest absolute Gasteiger partial charge is 0.422 e. The van der Waals surface area contributed by atoms with E-state index in [9.17, 15) is 18.0 Å². The van der Waals surface area contributed by atoms with Crippen LogP contribution in [0.3, 0.4) is 0 Å². The van der Waals surface area contributed by atoms with Gasteiger partial charge in [-0.25, -0.2) is 0 Å². The molecule has 11 heavy (non-hydrogen) atoms. The molecule has 0 saturated carbocycles. The summed E-state index contributed by atoms with van der Waals surface area (Å²) in [6.45, 7) is -0.0432. The first-order valence-corrected chi connectivity index (χ1v) is 3.95. The predicted octanol–water partition coefficient (Wildman–Crippen LogP) is 1.92. The number of esters is 1. The fraction of sp³-hybridized carbons (Fsp3) is 0.800. The Morgan fingerprint density at radius 1 is 1.64 bits per heavy atom. The summed E-state index contributed by atoms with van der Waals surface area (Å²) in [7, 11) is 0. The molecule has 6 heteroatoms. The maximum absolute atomic E-state index is 11.4. The van der Waals surface area contributed by atoms with Crippen LogP contribution in [0.1, 0.15) is 6.92 Å². The van der Waals surface area contributed by atoms with Gasteiger partial charge in [0.05, 0.1) is 0 Å². The molecule has 1 unspecified atom stereocenters. The number of rotatable bonds is 2. The first kappa shape index (κ1) is 11.0. The maximum Gasteiger partial charge on any atom is 0.422 e. The second-order valence-electron chi connectivity index (χ2n) is 1.84. The van der Waals surface area contributed by atoms with Crippen LogP contribution in [0.15, 0.2) is 0 Å². The second-order valence-corrected chi connectivity index (χ2v) is 3.71. The Labute approximate surface area is 75.2 Å². The van der Waals surface area contributed by atoms with Crippen molar-refractivity contribution in [3.05, 3.63) is 0 Å². The zero-order chi connectivity index (χ0) is 9.07. The van der Waals surface area contributed by atoms with E-state index in [4.69, 9.17) is 0 Å². The van der Waals surface area contributed by atoms with Crippen LogP contribution in [0.25, 0.3) is 0 Å². The van der Waals surface area contributed by atoms with Crippen molar-refractivity contribution in [1.82, 2.24) is 0 Å². The summed E-state index contributed by atoms with van der Waals surface area (Å²) in [5.41, 5.74) is 0. The molecule has 0 aliphatic rings. The SMILES string of the molecule is CC(I)C(=O)OCC(F)(F)F. The van der Waals surface area contributed by atoms with Crippen molar-refractivity contribution >= 4 is 28.6 Å². The summed E-state index contributed by atoms with van der Waals surface area (Å²) in [4.78, 5) is 10.5. The van der Waals surface area contributed by atoms with Gasteiger partial charge >= 0.3 is 12.1 Å². The summed E-state index contributed by atoms with van der Waals surface area (Å²) in [5, 5.41) is 0. The molecule has 0 aromatic carbocycles. The topological polar surface area (TPSA) is 26.3 Å². The molecule has 66 valence electrons. The van der Waals surface area contributed by atoms with Crippen LogP contribution < -0.4 is 0 Å². The van der Waals surface area contributed by atoms with Crippen LogP contribution in [0.4, 0.5) is 13.2 Å². The van der Waals surface area contributed by atoms with Gasteiger partial charge in [0.25, 0.3) is 0 Å². The standard InChI is InChI=1S/C5H6F3IO2/c1-3(9)4(10)11-2-5(6,7)8/h3H,2H2,1H3. The zero-order valence-corrected chi connectivity index (χ0v) is 7.77. The zero-order valence-electron chi connectivity index (χ0n) is 5.61. The van der Waals surface area contributed by atoms with E-state index in [2.05, 4.69) is 4.74 Å². The van der Waals surface area contributed by atoms with Gasteiger partial charge < -0.3 is 4.74 Å². The molecule has 0 radical (unpaired) electrons. The van der Waals surface area contributed by atoms with E-state index in [1.165, 1.54) is 6.92 Å². The van der Waals surface area contributed by atoms with Crippen molar-refractivity contribution in [3.63, 3.8) is 0 Å². The molecule has 0 bridgehead atoms. The lowest BCUT2D eigenvalue weighted by atomic mass is 10.5. The van der Waals surface area contributed by atoms with Gasteiger partial charge in [0.1, 0.15) is 3.92 Å². The molecule has 0 aliphatic heterocycles. The van der Waals surface area contributed by atoms with Crippen molar-refractivity contribution in [2.75, 3.05) is 6.61 Å². The van der Waals surface area contributed by atoms with Crippen molar-refractivity contribution in [2.24, 2.45) is 0 Å². The fourth-order valence-corrected chi connectivity index (χ4v) is 0.448. The van der Waals surface area contributed by atoms with E-state index in [0.717, 1.165) is 0 Å². The van der Waals surface area contributed by atoms with Crippen molar-refractivity contribution < 1.29 is 22.7 Å². The Morgan fingerprint density at radius 2 is 2.09 bits per heavy atom. The van der Waals surface area contributed by atoms with Crippen molar-refractivity contribution in [3.8, 4) is 0 Å². The normalized spacial score (nSPS) is 14.3. The van der Waals surface area contributed by atoms with Crippen LogP contribution >= 0.6 is 22.6 Å². The van der Waals surface area contributed by atoms with Gasteiger partial charge in [0.2, 0.25) is 0 Å². The summed E-state index contributed by atoms with van der Waals surface area (Å²) in [6.07, 6.45) is -4.43. The number of hydrogen-bond acceptors (Lipinski definition) is 2. The number of carbonyl (C=O) groups excluding carboxylic acids is 1. The summed E-state index contributed by atoms with van der Waals surface area (Å²) >= 11 is 1.68. The van der Waals surface area contributed by atoms with E-state index in [-0.39, 0.29) is 0 Å². The van der Waals surface area contributed by atoms with Gasteiger partial charge in [-0.1, -0.05) is 22.6 Å². The van der Waals surface area contributed by atoms with Crippen LogP contribution in [0.2, 0.25) is 0 Å². The summed E-state index contributed by atoms with van der Waals surface area (Å²) in [5.74, 6) is -0.845. The molecule has 0 amide bonds. The van der Waals surface area contributed by atoms with Crippen molar-refractivity contribution in [1.29, 1.82) is 0 Å². The molecule has 0 spiro atoms. The highest BCUT2D eigenvalue weighted by molar-refractivity contribution is 14.1. The number of carbonyl (C=O) groups is 1. The third-order valence-corrected chi connectivity index (χ3v) is 1.21. The third kappa shape index (κ3) is 6.39. The number of alkyl halides is 4. The predicted molar refractivity (Wildman–Crippen MR) is 40.5 cm³/mol. The molecular weight excluding hydrogens is 276 g/mol. The second kappa shape index (κ2) is 4.13. The van der Waals surface area contributed by atoms with Gasteiger partial charge in [0.15, 0.2) is 6.61 Å². The van der Waals surface area contributed by atoms with Gasteiger partial charge in [0, 0.05) is 0 Å². The summed E-state index contributed by atoms with van der Waals surface area (Å²) in [6, 6.07) is 0. The van der Waals surface area contributed by atoms with E-state index >= 15 is 0 Å². The Morgan fingerprint density at radius 3 is 2.36 bits per heavy atom. The van der Waals surface area contributed by atoms with Crippen LogP contribution in [-0.4, -0.2) is 22.7 Å². The first-order valence-electron chi connectivity index (χ1n) is 2.70. The fourth-order valence-electron chi connectivity index (χ4n) is 0.268. The average molecular weight is 282 g/mol. The Hall–Kier alpha value is -0.0100. The molecule has 0 N–H and O–H groups in total. The summed E-state index contributed by atoms with van der Waals surface area (Å²) < 4.78 is 37.5. The molecule has 0 aliphatic carbocycles. The lowest BCUT2D eigenvalue weighted by molar-refractivity contribution is -0.185. The van der Waals surface area contributed by atoms with E-state index in [1.807, 2.05) is 0 Å². The van der Waals surface area contributed by atoms with Crippen molar-refractivity contribution in [2.45, 2.75) is 17.0 Å². The lowest BCUT2D eigenvalue weighted by Crippen LogP contribution is -2.23. The van der Waals surface area contributed by atoms with E-state index < -0.39 is 22.7 Å². The minimum Gasteiger partial charge on any atom is -0.455 e. The third-order valence-electron chi connectivity index (χ3n) is 0.703. The highest BCUT2D eigenvalue weighted by Crippen LogP contribution is 2.15. The molecule has 0 aromatic heterocycles. The molecule has 0 aromatic rings. The first-order chi connectivity index (χ1) is 4.83. The number of hydrogen-bond donors (Lipinski definition) is 0. The van der Waals surface area contributed by atoms with E-state index in [1.54, 1.807) is 22.6 Å². The minimum atomic E-state index is -4.43. The van der Waals surface area contributed by atoms with Gasteiger partial charge in [-0.3, -0.25) is 4.79 Å². The molecule has 0 heterocycles. The molecule has 1 atom stereocenters. The lowest BCUT2D eigenvalue weighted by Gasteiger charge is -2.08. The van der Waals surface area contributed by atoms with Gasteiger partial charge in [-0.05, 0) is 6.92 Å². The molecular formula is C5H6F3IO2. The molecule has 0 rings (SSSR count). The van der Waals surface area contributed by atoms with Gasteiger partial charge in [-0.15, -0.1) is 0 Å². The highest BCUT2D eigenvalue weighted by Gasteiger charge is 2.30. The molecule has 0 fully saturated rings. The largest absolute Gasteiger partial charge is 0.455 e. The Bertz CT molecular complexity index is 143. The number of halogens is 4. The van der Waals surface area contributed by atoms with Crippen LogP contribution in [-0.2, 0) is 9.53 Å². The quantitative estimate of drug-likeness (QED) is 0.439. The van der Waals surface area contributed by atoms with E-state index in [0.29, 0.717) is 0 Å². The average Bonchev–Trinajstić information content (AvgIpc) is 1.80. The Kier molecular flexibility index (Phi) is 4.12. The Balaban J connectivity index is 3.64. The highest BCUT2D eigenvalue weighted by atomic mass is 127.